The number of hydrogen-bond donors (Lipinski definition) is 3. The lowest BCUT2D eigenvalue weighted by Gasteiger charge is -2.39. The first kappa shape index (κ1) is 24.1. The minimum absolute atomic E-state index is 0.0753. The maximum absolute atomic E-state index is 13.1. The van der Waals surface area contributed by atoms with Crippen LogP contribution in [0.2, 0.25) is 0 Å². The van der Waals surface area contributed by atoms with Crippen LogP contribution in [0.25, 0.3) is 11.1 Å². The summed E-state index contributed by atoms with van der Waals surface area (Å²) in [4.78, 5) is 37.2. The molecule has 0 radical (unpaired) electrons. The second-order valence-electron chi connectivity index (χ2n) is 9.49. The topological polar surface area (TPSA) is 105 Å². The Hall–Kier alpha value is -3.00. The van der Waals surface area contributed by atoms with E-state index in [1.165, 1.54) is 0 Å². The summed E-state index contributed by atoms with van der Waals surface area (Å²) in [6.45, 7) is 3.34. The molecule has 1 fully saturated rings. The molecule has 34 heavy (non-hydrogen) atoms. The number of benzene rings is 2. The van der Waals surface area contributed by atoms with Gasteiger partial charge in [0.25, 0.3) is 0 Å². The fourth-order valence-electron chi connectivity index (χ4n) is 4.74. The van der Waals surface area contributed by atoms with E-state index in [4.69, 9.17) is 4.74 Å². The molecule has 0 unspecified atom stereocenters. The van der Waals surface area contributed by atoms with Crippen molar-refractivity contribution in [1.82, 2.24) is 10.6 Å². The molecule has 3 N–H and O–H groups in total. The molecule has 0 atom stereocenters. The van der Waals surface area contributed by atoms with E-state index in [-0.39, 0.29) is 18.9 Å². The van der Waals surface area contributed by atoms with Gasteiger partial charge >= 0.3 is 12.1 Å². The molecule has 8 heteroatoms. The van der Waals surface area contributed by atoms with Crippen LogP contribution in [0.3, 0.4) is 0 Å². The molecule has 1 saturated heterocycles. The zero-order valence-corrected chi connectivity index (χ0v) is 20.2. The normalized spacial score (nSPS) is 16.8. The van der Waals surface area contributed by atoms with E-state index in [9.17, 15) is 19.5 Å². The van der Waals surface area contributed by atoms with E-state index >= 15 is 0 Å². The van der Waals surface area contributed by atoms with Crippen LogP contribution >= 0.6 is 11.8 Å². The molecule has 180 valence electrons. The summed E-state index contributed by atoms with van der Waals surface area (Å²) in [6, 6.07) is 16.2. The predicted octanol–water partition coefficient (Wildman–Crippen LogP) is 4.16. The van der Waals surface area contributed by atoms with Crippen molar-refractivity contribution in [3.05, 3.63) is 59.7 Å². The first-order valence-corrected chi connectivity index (χ1v) is 12.6. The third-order valence-corrected chi connectivity index (χ3v) is 7.63. The Balaban J connectivity index is 1.40. The molecular formula is C26H30N2O5S. The number of amides is 2. The first-order valence-electron chi connectivity index (χ1n) is 11.5. The second-order valence-corrected chi connectivity index (χ2v) is 10.7. The highest BCUT2D eigenvalue weighted by atomic mass is 32.2. The Morgan fingerprint density at radius 1 is 1.03 bits per heavy atom. The van der Waals surface area contributed by atoms with E-state index in [0.717, 1.165) is 33.8 Å². The maximum atomic E-state index is 13.1. The number of nitrogens with one attached hydrogen (secondary N) is 2. The van der Waals surface area contributed by atoms with E-state index in [1.807, 2.05) is 36.4 Å². The van der Waals surface area contributed by atoms with E-state index < -0.39 is 29.0 Å². The summed E-state index contributed by atoms with van der Waals surface area (Å²) in [6.07, 6.45) is 0.335. The van der Waals surface area contributed by atoms with Crippen LogP contribution in [0.1, 0.15) is 50.2 Å². The second kappa shape index (κ2) is 9.70. The van der Waals surface area contributed by atoms with Gasteiger partial charge in [0.05, 0.1) is 12.0 Å². The molecule has 4 rings (SSSR count). The lowest BCUT2D eigenvalue weighted by molar-refractivity contribution is -0.139. The van der Waals surface area contributed by atoms with Crippen LogP contribution in [0, 0.1) is 0 Å². The monoisotopic (exact) mass is 482 g/mol. The van der Waals surface area contributed by atoms with Gasteiger partial charge in [0, 0.05) is 5.92 Å². The van der Waals surface area contributed by atoms with Crippen molar-refractivity contribution in [3.8, 4) is 11.1 Å². The minimum atomic E-state index is -1.27. The van der Waals surface area contributed by atoms with Crippen molar-refractivity contribution < 1.29 is 24.2 Å². The van der Waals surface area contributed by atoms with Crippen molar-refractivity contribution in [2.45, 2.75) is 50.1 Å². The molecule has 7 nitrogen and oxygen atoms in total. The van der Waals surface area contributed by atoms with Crippen LogP contribution in [0.5, 0.6) is 0 Å². The quantitative estimate of drug-likeness (QED) is 0.547. The average molecular weight is 483 g/mol. The number of thioether (sulfide) groups is 1. The molecule has 0 saturated carbocycles. The number of carboxylic acids is 1. The van der Waals surface area contributed by atoms with Gasteiger partial charge in [0.1, 0.15) is 12.1 Å². The largest absolute Gasteiger partial charge is 0.481 e. The molecular weight excluding hydrogens is 452 g/mol. The van der Waals surface area contributed by atoms with Crippen molar-refractivity contribution in [1.29, 1.82) is 0 Å². The van der Waals surface area contributed by atoms with Crippen LogP contribution in [-0.2, 0) is 14.3 Å². The predicted molar refractivity (Wildman–Crippen MR) is 132 cm³/mol. The van der Waals surface area contributed by atoms with E-state index in [0.29, 0.717) is 12.8 Å². The lowest BCUT2D eigenvalue weighted by Crippen LogP contribution is -2.62. The van der Waals surface area contributed by atoms with E-state index in [2.05, 4.69) is 22.8 Å². The van der Waals surface area contributed by atoms with E-state index in [1.54, 1.807) is 25.6 Å². The number of carboxylic acid groups (broad SMARTS) is 1. The fraction of sp³-hybridized carbons (Fsp3) is 0.423. The molecule has 2 aliphatic rings. The molecule has 0 spiro atoms. The third kappa shape index (κ3) is 5.06. The highest BCUT2D eigenvalue weighted by molar-refractivity contribution is 7.99. The molecule has 1 heterocycles. The van der Waals surface area contributed by atoms with Crippen molar-refractivity contribution in [2.75, 3.05) is 18.1 Å². The lowest BCUT2D eigenvalue weighted by atomic mass is 9.87. The van der Waals surface area contributed by atoms with Gasteiger partial charge in [-0.1, -0.05) is 48.5 Å². The average Bonchev–Trinajstić information content (AvgIpc) is 3.11. The van der Waals surface area contributed by atoms with Gasteiger partial charge in [-0.15, -0.1) is 0 Å². The number of rotatable bonds is 7. The van der Waals surface area contributed by atoms with Gasteiger partial charge in [-0.05, 0) is 60.4 Å². The molecule has 0 bridgehead atoms. The number of hydrogen-bond acceptors (Lipinski definition) is 5. The highest BCUT2D eigenvalue weighted by Crippen LogP contribution is 2.44. The molecule has 1 aliphatic carbocycles. The van der Waals surface area contributed by atoms with Crippen LogP contribution in [0.15, 0.2) is 48.5 Å². The summed E-state index contributed by atoms with van der Waals surface area (Å²) in [5, 5.41) is 14.9. The van der Waals surface area contributed by atoms with Crippen molar-refractivity contribution in [3.63, 3.8) is 0 Å². The number of carbonyl (C=O) groups excluding carboxylic acids is 2. The summed E-state index contributed by atoms with van der Waals surface area (Å²) in [5.74, 6) is 0.124. The van der Waals surface area contributed by atoms with Gasteiger partial charge in [0.2, 0.25) is 5.91 Å². The molecule has 2 aromatic carbocycles. The Kier molecular flexibility index (Phi) is 6.89. The number of alkyl carbamates (subject to hydrolysis) is 1. The molecule has 0 aromatic heterocycles. The Morgan fingerprint density at radius 3 is 2.15 bits per heavy atom. The Labute approximate surface area is 203 Å². The van der Waals surface area contributed by atoms with Gasteiger partial charge in [0.15, 0.2) is 0 Å². The molecule has 1 aliphatic heterocycles. The van der Waals surface area contributed by atoms with Crippen LogP contribution in [-0.4, -0.2) is 52.3 Å². The summed E-state index contributed by atoms with van der Waals surface area (Å²) in [5.41, 5.74) is 2.44. The minimum Gasteiger partial charge on any atom is -0.481 e. The summed E-state index contributed by atoms with van der Waals surface area (Å²) in [7, 11) is 0. The van der Waals surface area contributed by atoms with Crippen LogP contribution in [0.4, 0.5) is 4.79 Å². The smallest absolute Gasteiger partial charge is 0.408 e. The van der Waals surface area contributed by atoms with Gasteiger partial charge in [-0.3, -0.25) is 9.59 Å². The standard InChI is InChI=1S/C26H30N2O5S/c1-25(2,23(31)27-26(15-22(29)30)11-13-34-14-12-26)28-24(32)33-16-21-19-9-5-3-7-17(19)18-8-4-6-10-20(18)21/h3-10,21H,11-16H2,1-2H3,(H,27,31)(H,28,32)(H,29,30). The van der Waals surface area contributed by atoms with Crippen molar-refractivity contribution >= 4 is 29.7 Å². The molecule has 2 aromatic rings. The van der Waals surface area contributed by atoms with Crippen LogP contribution < -0.4 is 10.6 Å². The summed E-state index contributed by atoms with van der Waals surface area (Å²) < 4.78 is 5.58. The SMILES string of the molecule is CC(C)(NC(=O)OCC1c2ccccc2-c2ccccc21)C(=O)NC1(CC(=O)O)CCSCC1. The Morgan fingerprint density at radius 2 is 1.59 bits per heavy atom. The zero-order valence-electron chi connectivity index (χ0n) is 19.4. The van der Waals surface area contributed by atoms with Gasteiger partial charge < -0.3 is 20.5 Å². The number of fused-ring (bicyclic) bond motifs is 3. The number of carbonyl (C=O) groups is 3. The van der Waals surface area contributed by atoms with Gasteiger partial charge in [-0.25, -0.2) is 4.79 Å². The molecule has 2 amide bonds. The van der Waals surface area contributed by atoms with Gasteiger partial charge in [-0.2, -0.15) is 11.8 Å². The number of aliphatic carboxylic acids is 1. The van der Waals surface area contributed by atoms with Crippen molar-refractivity contribution in [2.24, 2.45) is 0 Å². The third-order valence-electron chi connectivity index (χ3n) is 6.64. The number of ether oxygens (including phenoxy) is 1. The summed E-state index contributed by atoms with van der Waals surface area (Å²) >= 11 is 1.74. The highest BCUT2D eigenvalue weighted by Gasteiger charge is 2.41. The Bertz CT molecular complexity index is 1050. The maximum Gasteiger partial charge on any atom is 0.408 e. The first-order chi connectivity index (χ1) is 16.2. The zero-order chi connectivity index (χ0) is 24.3. The fourth-order valence-corrected chi connectivity index (χ4v) is 6.02.